The third-order valence-electron chi connectivity index (χ3n) is 4.00. The molecule has 2 N–H and O–H groups in total. The maximum atomic E-state index is 12.6. The Bertz CT molecular complexity index is 876. The van der Waals surface area contributed by atoms with Gasteiger partial charge in [-0.2, -0.15) is 5.10 Å². The van der Waals surface area contributed by atoms with Crippen LogP contribution in [0.4, 0.5) is 0 Å². The molecule has 0 bridgehead atoms. The second kappa shape index (κ2) is 8.11. The lowest BCUT2D eigenvalue weighted by Crippen LogP contribution is -2.30. The molecule has 1 aromatic heterocycles. The summed E-state index contributed by atoms with van der Waals surface area (Å²) in [4.78, 5) is 24.3. The van der Waals surface area contributed by atoms with Gasteiger partial charge in [0.1, 0.15) is 5.69 Å². The monoisotopic (exact) mass is 349 g/mol. The summed E-state index contributed by atoms with van der Waals surface area (Å²) in [7, 11) is 1.33. The van der Waals surface area contributed by atoms with E-state index in [0.717, 1.165) is 11.1 Å². The summed E-state index contributed by atoms with van der Waals surface area (Å²) in [5, 5.41) is 9.81. The van der Waals surface area contributed by atoms with Crippen LogP contribution in [-0.2, 0) is 9.53 Å². The van der Waals surface area contributed by atoms with Crippen molar-refractivity contribution in [2.45, 2.75) is 12.5 Å². The fraction of sp³-hybridized carbons (Fsp3) is 0.150. The van der Waals surface area contributed by atoms with E-state index in [1.807, 2.05) is 60.7 Å². The minimum absolute atomic E-state index is 0.0476. The van der Waals surface area contributed by atoms with Gasteiger partial charge in [0.25, 0.3) is 5.91 Å². The van der Waals surface area contributed by atoms with Gasteiger partial charge >= 0.3 is 5.97 Å². The smallest absolute Gasteiger partial charge is 0.307 e. The van der Waals surface area contributed by atoms with Crippen LogP contribution in [0.15, 0.2) is 66.7 Å². The van der Waals surface area contributed by atoms with Gasteiger partial charge in [0, 0.05) is 5.56 Å². The Balaban J connectivity index is 1.77. The number of hydrogen-bond donors (Lipinski definition) is 2. The van der Waals surface area contributed by atoms with E-state index in [0.29, 0.717) is 11.4 Å². The Morgan fingerprint density at radius 2 is 1.73 bits per heavy atom. The van der Waals surface area contributed by atoms with Crippen LogP contribution in [-0.4, -0.2) is 29.2 Å². The predicted molar refractivity (Wildman–Crippen MR) is 97.3 cm³/mol. The Morgan fingerprint density at radius 3 is 2.38 bits per heavy atom. The maximum Gasteiger partial charge on any atom is 0.307 e. The predicted octanol–water partition coefficient (Wildman–Crippen LogP) is 3.11. The van der Waals surface area contributed by atoms with Gasteiger partial charge in [-0.3, -0.25) is 14.7 Å². The molecule has 6 nitrogen and oxygen atoms in total. The first kappa shape index (κ1) is 17.4. The van der Waals surface area contributed by atoms with Crippen molar-refractivity contribution in [1.82, 2.24) is 15.5 Å². The molecule has 26 heavy (non-hydrogen) atoms. The summed E-state index contributed by atoms with van der Waals surface area (Å²) in [6.45, 7) is 0. The van der Waals surface area contributed by atoms with Crippen molar-refractivity contribution in [2.24, 2.45) is 0 Å². The average Bonchev–Trinajstić information content (AvgIpc) is 3.19. The summed E-state index contributed by atoms with van der Waals surface area (Å²) in [6, 6.07) is 20.1. The van der Waals surface area contributed by atoms with Crippen LogP contribution in [0.25, 0.3) is 11.3 Å². The van der Waals surface area contributed by atoms with Crippen molar-refractivity contribution in [3.63, 3.8) is 0 Å². The number of carbonyl (C=O) groups excluding carboxylic acids is 2. The lowest BCUT2D eigenvalue weighted by molar-refractivity contribution is -0.141. The Kier molecular flexibility index (Phi) is 5.43. The molecule has 6 heteroatoms. The number of amides is 1. The molecule has 0 unspecified atom stereocenters. The van der Waals surface area contributed by atoms with Crippen LogP contribution in [0, 0.1) is 0 Å². The van der Waals surface area contributed by atoms with Crippen LogP contribution in [0.1, 0.15) is 28.5 Å². The molecule has 0 saturated carbocycles. The maximum absolute atomic E-state index is 12.6. The fourth-order valence-corrected chi connectivity index (χ4v) is 2.62. The molecule has 0 aliphatic rings. The second-order valence-electron chi connectivity index (χ2n) is 5.75. The molecule has 1 atom stereocenters. The van der Waals surface area contributed by atoms with E-state index in [9.17, 15) is 9.59 Å². The van der Waals surface area contributed by atoms with E-state index in [-0.39, 0.29) is 12.3 Å². The number of rotatable bonds is 6. The Labute approximate surface area is 151 Å². The van der Waals surface area contributed by atoms with Crippen LogP contribution in [0.5, 0.6) is 0 Å². The number of aromatic amines is 1. The molecular weight excluding hydrogens is 330 g/mol. The third kappa shape index (κ3) is 4.16. The highest BCUT2D eigenvalue weighted by Crippen LogP contribution is 2.20. The number of ether oxygens (including phenoxy) is 1. The molecule has 1 heterocycles. The molecule has 2 aromatic carbocycles. The normalized spacial score (nSPS) is 11.6. The summed E-state index contributed by atoms with van der Waals surface area (Å²) in [6.07, 6.45) is 0.0476. The lowest BCUT2D eigenvalue weighted by Gasteiger charge is -2.17. The summed E-state index contributed by atoms with van der Waals surface area (Å²) >= 11 is 0. The zero-order chi connectivity index (χ0) is 18.4. The molecular formula is C20H19N3O3. The van der Waals surface area contributed by atoms with Gasteiger partial charge in [0.15, 0.2) is 0 Å². The zero-order valence-electron chi connectivity index (χ0n) is 14.3. The van der Waals surface area contributed by atoms with Crippen molar-refractivity contribution >= 4 is 11.9 Å². The van der Waals surface area contributed by atoms with Gasteiger partial charge < -0.3 is 10.1 Å². The molecule has 0 spiro atoms. The van der Waals surface area contributed by atoms with Crippen molar-refractivity contribution in [3.05, 3.63) is 78.0 Å². The van der Waals surface area contributed by atoms with Gasteiger partial charge in [-0.15, -0.1) is 0 Å². The van der Waals surface area contributed by atoms with E-state index in [1.54, 1.807) is 6.07 Å². The topological polar surface area (TPSA) is 84.1 Å². The Morgan fingerprint density at radius 1 is 1.08 bits per heavy atom. The highest BCUT2D eigenvalue weighted by Gasteiger charge is 2.20. The molecule has 0 aliphatic heterocycles. The van der Waals surface area contributed by atoms with E-state index >= 15 is 0 Å². The first-order valence-corrected chi connectivity index (χ1v) is 8.21. The number of benzene rings is 2. The summed E-state index contributed by atoms with van der Waals surface area (Å²) in [5.41, 5.74) is 2.75. The van der Waals surface area contributed by atoms with Crippen LogP contribution < -0.4 is 5.32 Å². The molecule has 0 radical (unpaired) electrons. The van der Waals surface area contributed by atoms with E-state index in [1.165, 1.54) is 7.11 Å². The molecule has 1 amide bonds. The van der Waals surface area contributed by atoms with Gasteiger partial charge in [-0.1, -0.05) is 60.7 Å². The first-order chi connectivity index (χ1) is 12.7. The van der Waals surface area contributed by atoms with Crippen molar-refractivity contribution in [1.29, 1.82) is 0 Å². The minimum atomic E-state index is -0.486. The van der Waals surface area contributed by atoms with Crippen LogP contribution >= 0.6 is 0 Å². The zero-order valence-corrected chi connectivity index (χ0v) is 14.3. The SMILES string of the molecule is COC(=O)C[C@@H](NC(=O)c1cc(-c2ccccc2)n[nH]1)c1ccccc1. The molecule has 0 saturated heterocycles. The van der Waals surface area contributed by atoms with E-state index in [2.05, 4.69) is 15.5 Å². The first-order valence-electron chi connectivity index (χ1n) is 8.21. The quantitative estimate of drug-likeness (QED) is 0.670. The molecule has 0 aliphatic carbocycles. The van der Waals surface area contributed by atoms with Gasteiger partial charge in [0.05, 0.1) is 25.3 Å². The molecule has 3 rings (SSSR count). The van der Waals surface area contributed by atoms with Crippen molar-refractivity contribution < 1.29 is 14.3 Å². The number of carbonyl (C=O) groups is 2. The molecule has 3 aromatic rings. The highest BCUT2D eigenvalue weighted by atomic mass is 16.5. The van der Waals surface area contributed by atoms with Crippen molar-refractivity contribution in [3.8, 4) is 11.3 Å². The minimum Gasteiger partial charge on any atom is -0.469 e. The fourth-order valence-electron chi connectivity index (χ4n) is 2.62. The number of methoxy groups -OCH3 is 1. The third-order valence-corrected chi connectivity index (χ3v) is 4.00. The highest BCUT2D eigenvalue weighted by molar-refractivity contribution is 5.93. The lowest BCUT2D eigenvalue weighted by atomic mass is 10.0. The van der Waals surface area contributed by atoms with E-state index in [4.69, 9.17) is 4.74 Å². The number of nitrogens with zero attached hydrogens (tertiary/aromatic N) is 1. The summed E-state index contributed by atoms with van der Waals surface area (Å²) in [5.74, 6) is -0.730. The van der Waals surface area contributed by atoms with Crippen LogP contribution in [0.2, 0.25) is 0 Å². The molecule has 0 fully saturated rings. The summed E-state index contributed by atoms with van der Waals surface area (Å²) < 4.78 is 4.74. The van der Waals surface area contributed by atoms with E-state index < -0.39 is 12.0 Å². The Hall–Kier alpha value is -3.41. The van der Waals surface area contributed by atoms with Gasteiger partial charge in [-0.25, -0.2) is 0 Å². The largest absolute Gasteiger partial charge is 0.469 e. The second-order valence-corrected chi connectivity index (χ2v) is 5.75. The average molecular weight is 349 g/mol. The van der Waals surface area contributed by atoms with Crippen molar-refractivity contribution in [2.75, 3.05) is 7.11 Å². The van der Waals surface area contributed by atoms with Gasteiger partial charge in [-0.05, 0) is 11.6 Å². The van der Waals surface area contributed by atoms with Crippen LogP contribution in [0.3, 0.4) is 0 Å². The standard InChI is InChI=1S/C20H19N3O3/c1-26-19(24)13-16(14-8-4-2-5-9-14)21-20(25)18-12-17(22-23-18)15-10-6-3-7-11-15/h2-12,16H,13H2,1H3,(H,21,25)(H,22,23)/t16-/m1/s1. The number of nitrogens with one attached hydrogen (secondary N) is 2. The number of hydrogen-bond acceptors (Lipinski definition) is 4. The number of aromatic nitrogens is 2. The number of esters is 1. The molecule has 132 valence electrons. The number of H-pyrrole nitrogens is 1. The van der Waals surface area contributed by atoms with Gasteiger partial charge in [0.2, 0.25) is 0 Å².